The number of nitrogens with zero attached hydrogens (tertiary/aromatic N) is 2. The van der Waals surface area contributed by atoms with Crippen molar-refractivity contribution in [3.05, 3.63) is 29.8 Å². The predicted molar refractivity (Wildman–Crippen MR) is 86.2 cm³/mol. The quantitative estimate of drug-likeness (QED) is 0.777. The minimum absolute atomic E-state index is 0.0219. The normalized spacial score (nSPS) is 13.7. The molecule has 1 fully saturated rings. The van der Waals surface area contributed by atoms with Crippen LogP contribution in [0.2, 0.25) is 0 Å². The van der Waals surface area contributed by atoms with Gasteiger partial charge in [0, 0.05) is 25.7 Å². The van der Waals surface area contributed by atoms with E-state index in [1.165, 1.54) is 11.8 Å². The fourth-order valence-corrected chi connectivity index (χ4v) is 2.58. The molecule has 0 aliphatic carbocycles. The Morgan fingerprint density at radius 3 is 2.26 bits per heavy atom. The van der Waals surface area contributed by atoms with E-state index in [0.29, 0.717) is 17.9 Å². The number of anilines is 1. The zero-order valence-electron chi connectivity index (χ0n) is 13.6. The van der Waals surface area contributed by atoms with Gasteiger partial charge in [-0.25, -0.2) is 4.79 Å². The molecule has 0 unspecified atom stereocenters. The Kier molecular flexibility index (Phi) is 5.73. The summed E-state index contributed by atoms with van der Waals surface area (Å²) in [5.74, 6) is -0.657. The molecule has 0 N–H and O–H groups in total. The number of esters is 1. The highest BCUT2D eigenvalue weighted by molar-refractivity contribution is 5.98. The first-order chi connectivity index (χ1) is 11.0. The van der Waals surface area contributed by atoms with Crippen LogP contribution < -0.4 is 4.90 Å². The number of benzene rings is 1. The molecule has 1 aliphatic rings. The van der Waals surface area contributed by atoms with E-state index in [9.17, 15) is 14.4 Å². The molecule has 0 bridgehead atoms. The molecule has 124 valence electrons. The van der Waals surface area contributed by atoms with Gasteiger partial charge in [-0.15, -0.1) is 0 Å². The van der Waals surface area contributed by atoms with Gasteiger partial charge in [-0.2, -0.15) is 0 Å². The fraction of sp³-hybridized carbons (Fsp3) is 0.471. The molecule has 0 spiro atoms. The number of hydrogen-bond donors (Lipinski definition) is 0. The van der Waals surface area contributed by atoms with Gasteiger partial charge in [0.05, 0.1) is 12.2 Å². The average Bonchev–Trinajstić information content (AvgIpc) is 3.07. The van der Waals surface area contributed by atoms with Gasteiger partial charge in [0.15, 0.2) is 0 Å². The zero-order chi connectivity index (χ0) is 16.8. The Labute approximate surface area is 136 Å². The third kappa shape index (κ3) is 4.31. The highest BCUT2D eigenvalue weighted by atomic mass is 16.5. The van der Waals surface area contributed by atoms with Gasteiger partial charge in [-0.3, -0.25) is 9.59 Å². The van der Waals surface area contributed by atoms with Gasteiger partial charge < -0.3 is 14.5 Å². The Morgan fingerprint density at radius 1 is 1.13 bits per heavy atom. The first kappa shape index (κ1) is 17.0. The lowest BCUT2D eigenvalue weighted by atomic mass is 10.2. The van der Waals surface area contributed by atoms with Crippen LogP contribution in [-0.4, -0.2) is 48.9 Å². The molecule has 6 nitrogen and oxygen atoms in total. The summed E-state index contributed by atoms with van der Waals surface area (Å²) in [5, 5.41) is 0. The molecule has 0 aromatic heterocycles. The summed E-state index contributed by atoms with van der Waals surface area (Å²) in [5.41, 5.74) is 1.02. The number of ether oxygens (including phenoxy) is 1. The lowest BCUT2D eigenvalue weighted by molar-refractivity contribution is -0.130. The first-order valence-electron chi connectivity index (χ1n) is 7.86. The Hall–Kier alpha value is -2.37. The van der Waals surface area contributed by atoms with Gasteiger partial charge in [0.1, 0.15) is 6.54 Å². The van der Waals surface area contributed by atoms with Crippen LogP contribution in [0.25, 0.3) is 0 Å². The highest BCUT2D eigenvalue weighted by Gasteiger charge is 2.22. The lowest BCUT2D eigenvalue weighted by Crippen LogP contribution is -2.41. The molecule has 1 aliphatic heterocycles. The van der Waals surface area contributed by atoms with Gasteiger partial charge in [-0.1, -0.05) is 0 Å². The second kappa shape index (κ2) is 7.76. The molecule has 0 radical (unpaired) electrons. The number of likely N-dealkylation sites (tertiary alicyclic amines) is 1. The van der Waals surface area contributed by atoms with Crippen LogP contribution in [0.5, 0.6) is 0 Å². The van der Waals surface area contributed by atoms with Gasteiger partial charge in [0.2, 0.25) is 11.8 Å². The molecule has 0 atom stereocenters. The molecular weight excluding hydrogens is 296 g/mol. The number of carbonyl (C=O) groups excluding carboxylic acids is 3. The Balaban J connectivity index is 2.09. The van der Waals surface area contributed by atoms with Gasteiger partial charge >= 0.3 is 5.97 Å². The molecule has 1 aromatic rings. The maximum absolute atomic E-state index is 12.3. The van der Waals surface area contributed by atoms with Crippen molar-refractivity contribution >= 4 is 23.5 Å². The van der Waals surface area contributed by atoms with Crippen LogP contribution in [0, 0.1) is 0 Å². The molecule has 2 amide bonds. The molecule has 6 heteroatoms. The van der Waals surface area contributed by atoms with E-state index in [4.69, 9.17) is 4.74 Å². The SMILES string of the molecule is CCOC(=O)c1ccc(N(CC(=O)N2CCCC2)C(C)=O)cc1. The van der Waals surface area contributed by atoms with Crippen LogP contribution in [0.3, 0.4) is 0 Å². The standard InChI is InChI=1S/C17H22N2O4/c1-3-23-17(22)14-6-8-15(9-7-14)19(13(2)20)12-16(21)18-10-4-5-11-18/h6-9H,3-5,10-12H2,1-2H3. The third-order valence-corrected chi connectivity index (χ3v) is 3.82. The summed E-state index contributed by atoms with van der Waals surface area (Å²) >= 11 is 0. The van der Waals surface area contributed by atoms with E-state index in [1.807, 2.05) is 0 Å². The second-order valence-corrected chi connectivity index (χ2v) is 5.46. The molecule has 23 heavy (non-hydrogen) atoms. The maximum atomic E-state index is 12.3. The molecule has 1 heterocycles. The van der Waals surface area contributed by atoms with Crippen molar-refractivity contribution in [2.24, 2.45) is 0 Å². The van der Waals surface area contributed by atoms with E-state index < -0.39 is 5.97 Å². The topological polar surface area (TPSA) is 66.9 Å². The number of carbonyl (C=O) groups is 3. The third-order valence-electron chi connectivity index (χ3n) is 3.82. The monoisotopic (exact) mass is 318 g/mol. The van der Waals surface area contributed by atoms with Crippen LogP contribution in [0.4, 0.5) is 5.69 Å². The summed E-state index contributed by atoms with van der Waals surface area (Å²) in [7, 11) is 0. The van der Waals surface area contributed by atoms with E-state index in [-0.39, 0.29) is 18.4 Å². The van der Waals surface area contributed by atoms with E-state index in [0.717, 1.165) is 25.9 Å². The molecular formula is C17H22N2O4. The predicted octanol–water partition coefficient (Wildman–Crippen LogP) is 1.84. The minimum Gasteiger partial charge on any atom is -0.462 e. The maximum Gasteiger partial charge on any atom is 0.338 e. The Morgan fingerprint density at radius 2 is 1.74 bits per heavy atom. The van der Waals surface area contributed by atoms with Crippen molar-refractivity contribution in [1.29, 1.82) is 0 Å². The van der Waals surface area contributed by atoms with E-state index in [1.54, 1.807) is 36.1 Å². The van der Waals surface area contributed by atoms with Crippen LogP contribution >= 0.6 is 0 Å². The smallest absolute Gasteiger partial charge is 0.338 e. The molecule has 1 saturated heterocycles. The van der Waals surface area contributed by atoms with Crippen molar-refractivity contribution in [1.82, 2.24) is 4.90 Å². The lowest BCUT2D eigenvalue weighted by Gasteiger charge is -2.24. The van der Waals surface area contributed by atoms with E-state index >= 15 is 0 Å². The Bertz CT molecular complexity index is 577. The highest BCUT2D eigenvalue weighted by Crippen LogP contribution is 2.17. The zero-order valence-corrected chi connectivity index (χ0v) is 13.6. The van der Waals surface area contributed by atoms with Crippen molar-refractivity contribution in [3.63, 3.8) is 0 Å². The van der Waals surface area contributed by atoms with Crippen molar-refractivity contribution in [2.75, 3.05) is 31.1 Å². The van der Waals surface area contributed by atoms with Crippen molar-refractivity contribution in [2.45, 2.75) is 26.7 Å². The van der Waals surface area contributed by atoms with Crippen molar-refractivity contribution in [3.8, 4) is 0 Å². The number of amides is 2. The minimum atomic E-state index is -0.401. The average molecular weight is 318 g/mol. The molecule has 2 rings (SSSR count). The van der Waals surface area contributed by atoms with Crippen LogP contribution in [-0.2, 0) is 14.3 Å². The molecule has 0 saturated carbocycles. The summed E-state index contributed by atoms with van der Waals surface area (Å²) in [4.78, 5) is 39.0. The molecule has 1 aromatic carbocycles. The summed E-state index contributed by atoms with van der Waals surface area (Å²) < 4.78 is 4.93. The number of hydrogen-bond acceptors (Lipinski definition) is 4. The van der Waals surface area contributed by atoms with Crippen LogP contribution in [0.15, 0.2) is 24.3 Å². The van der Waals surface area contributed by atoms with Gasteiger partial charge in [-0.05, 0) is 44.0 Å². The summed E-state index contributed by atoms with van der Waals surface area (Å²) in [6.45, 7) is 5.02. The summed E-state index contributed by atoms with van der Waals surface area (Å²) in [6, 6.07) is 6.52. The first-order valence-corrected chi connectivity index (χ1v) is 7.86. The second-order valence-electron chi connectivity index (χ2n) is 5.46. The van der Waals surface area contributed by atoms with E-state index in [2.05, 4.69) is 0 Å². The number of rotatable bonds is 5. The van der Waals surface area contributed by atoms with Gasteiger partial charge in [0.25, 0.3) is 0 Å². The largest absolute Gasteiger partial charge is 0.462 e. The van der Waals surface area contributed by atoms with Crippen LogP contribution in [0.1, 0.15) is 37.0 Å². The fourth-order valence-electron chi connectivity index (χ4n) is 2.58. The summed E-state index contributed by atoms with van der Waals surface area (Å²) in [6.07, 6.45) is 2.03. The van der Waals surface area contributed by atoms with Crippen molar-refractivity contribution < 1.29 is 19.1 Å².